The van der Waals surface area contributed by atoms with Gasteiger partial charge in [-0.1, -0.05) is 71.1 Å². The Morgan fingerprint density at radius 1 is 1.00 bits per heavy atom. The molecule has 0 heterocycles. The zero-order chi connectivity index (χ0) is 14.3. The van der Waals surface area contributed by atoms with E-state index in [0.717, 1.165) is 12.8 Å². The van der Waals surface area contributed by atoms with Gasteiger partial charge in [-0.25, -0.2) is 4.79 Å². The van der Waals surface area contributed by atoms with Gasteiger partial charge in [0.2, 0.25) is 0 Å². The van der Waals surface area contributed by atoms with Crippen LogP contribution in [-0.4, -0.2) is 23.3 Å². The predicted octanol–water partition coefficient (Wildman–Crippen LogP) is 4.84. The van der Waals surface area contributed by atoms with Gasteiger partial charge in [0.25, 0.3) is 0 Å². The number of aliphatic imine (C=N–C) groups is 1. The third-order valence-electron chi connectivity index (χ3n) is 3.45. The van der Waals surface area contributed by atoms with E-state index in [4.69, 9.17) is 5.11 Å². The number of carboxylic acid groups (broad SMARTS) is 1. The van der Waals surface area contributed by atoms with E-state index in [2.05, 4.69) is 11.9 Å². The van der Waals surface area contributed by atoms with Crippen LogP contribution in [0.1, 0.15) is 84.5 Å². The summed E-state index contributed by atoms with van der Waals surface area (Å²) in [4.78, 5) is 14.8. The Balaban J connectivity index is 3.32. The van der Waals surface area contributed by atoms with Crippen molar-refractivity contribution in [3.05, 3.63) is 0 Å². The number of nitrogens with zero attached hydrogens (tertiary/aromatic N) is 1. The molecule has 1 unspecified atom stereocenters. The van der Waals surface area contributed by atoms with Crippen molar-refractivity contribution in [1.29, 1.82) is 0 Å². The zero-order valence-electron chi connectivity index (χ0n) is 12.7. The smallest absolute Gasteiger partial charge is 0.328 e. The second kappa shape index (κ2) is 13.6. The summed E-state index contributed by atoms with van der Waals surface area (Å²) in [5.74, 6) is -0.797. The van der Waals surface area contributed by atoms with Gasteiger partial charge >= 0.3 is 5.97 Å². The first-order valence-electron chi connectivity index (χ1n) is 7.93. The summed E-state index contributed by atoms with van der Waals surface area (Å²) in [7, 11) is 0. The van der Waals surface area contributed by atoms with Crippen molar-refractivity contribution in [2.75, 3.05) is 0 Å². The topological polar surface area (TPSA) is 49.7 Å². The molecular formula is C16H31NO2. The minimum Gasteiger partial charge on any atom is -0.480 e. The fourth-order valence-electron chi connectivity index (χ4n) is 2.27. The summed E-state index contributed by atoms with van der Waals surface area (Å²) in [6.07, 6.45) is 15.0. The van der Waals surface area contributed by atoms with Crippen LogP contribution in [-0.2, 0) is 4.79 Å². The van der Waals surface area contributed by atoms with Gasteiger partial charge in [-0.3, -0.25) is 4.99 Å². The maximum Gasteiger partial charge on any atom is 0.328 e. The van der Waals surface area contributed by atoms with Crippen LogP contribution in [0.15, 0.2) is 4.99 Å². The molecule has 0 aromatic heterocycles. The number of hydrogen-bond acceptors (Lipinski definition) is 2. The van der Waals surface area contributed by atoms with Crippen LogP contribution in [0.4, 0.5) is 0 Å². The largest absolute Gasteiger partial charge is 0.480 e. The Bertz CT molecular complexity index is 239. The van der Waals surface area contributed by atoms with Gasteiger partial charge in [-0.05, 0) is 19.6 Å². The van der Waals surface area contributed by atoms with E-state index in [9.17, 15) is 4.79 Å². The highest BCUT2D eigenvalue weighted by Gasteiger charge is 2.13. The molecule has 112 valence electrons. The first kappa shape index (κ1) is 18.1. The summed E-state index contributed by atoms with van der Waals surface area (Å²) in [5.41, 5.74) is 0. The molecule has 19 heavy (non-hydrogen) atoms. The van der Waals surface area contributed by atoms with Crippen LogP contribution < -0.4 is 0 Å². The second-order valence-corrected chi connectivity index (χ2v) is 5.23. The van der Waals surface area contributed by atoms with Crippen LogP contribution in [0, 0.1) is 0 Å². The van der Waals surface area contributed by atoms with Gasteiger partial charge in [0.15, 0.2) is 0 Å². The number of hydrogen-bond donors (Lipinski definition) is 1. The monoisotopic (exact) mass is 269 g/mol. The van der Waals surface area contributed by atoms with E-state index in [-0.39, 0.29) is 0 Å². The normalized spacial score (nSPS) is 12.9. The Hall–Kier alpha value is -0.860. The molecule has 0 bridgehead atoms. The highest BCUT2D eigenvalue weighted by Crippen LogP contribution is 2.12. The number of unbranched alkanes of at least 4 members (excludes halogenated alkanes) is 9. The third-order valence-corrected chi connectivity index (χ3v) is 3.45. The molecule has 3 nitrogen and oxygen atoms in total. The molecule has 0 radical (unpaired) electrons. The van der Waals surface area contributed by atoms with Crippen molar-refractivity contribution in [3.63, 3.8) is 0 Å². The SMILES string of the molecule is CC=NC(CCCCCCCCCCCC)C(=O)O. The molecule has 0 aliphatic carbocycles. The number of rotatable bonds is 13. The van der Waals surface area contributed by atoms with E-state index in [0.29, 0.717) is 6.42 Å². The minimum atomic E-state index is -0.797. The Labute approximate surface area is 118 Å². The standard InChI is InChI=1S/C16H31NO2/c1-3-5-6-7-8-9-10-11-12-13-14-15(16(18)19)17-4-2/h4,15H,3,5-14H2,1-2H3,(H,18,19). The fraction of sp³-hybridized carbons (Fsp3) is 0.875. The van der Waals surface area contributed by atoms with E-state index in [1.165, 1.54) is 51.4 Å². The number of carboxylic acids is 1. The molecule has 0 amide bonds. The van der Waals surface area contributed by atoms with Crippen molar-refractivity contribution in [3.8, 4) is 0 Å². The highest BCUT2D eigenvalue weighted by molar-refractivity contribution is 5.75. The molecule has 0 fully saturated rings. The van der Waals surface area contributed by atoms with Gasteiger partial charge in [0.1, 0.15) is 6.04 Å². The fourth-order valence-corrected chi connectivity index (χ4v) is 2.27. The van der Waals surface area contributed by atoms with Gasteiger partial charge in [-0.15, -0.1) is 0 Å². The lowest BCUT2D eigenvalue weighted by Gasteiger charge is -2.06. The van der Waals surface area contributed by atoms with Crippen molar-refractivity contribution in [2.24, 2.45) is 4.99 Å². The zero-order valence-corrected chi connectivity index (χ0v) is 12.7. The summed E-state index contributed by atoms with van der Waals surface area (Å²) in [5, 5.41) is 8.93. The molecule has 0 aliphatic rings. The molecule has 0 rings (SSSR count). The average molecular weight is 269 g/mol. The van der Waals surface area contributed by atoms with Crippen LogP contribution in [0.2, 0.25) is 0 Å². The summed E-state index contributed by atoms with van der Waals surface area (Å²) < 4.78 is 0. The van der Waals surface area contributed by atoms with Gasteiger partial charge in [-0.2, -0.15) is 0 Å². The molecular weight excluding hydrogens is 238 g/mol. The van der Waals surface area contributed by atoms with E-state index in [1.807, 2.05) is 0 Å². The van der Waals surface area contributed by atoms with Crippen molar-refractivity contribution < 1.29 is 9.90 Å². The summed E-state index contributed by atoms with van der Waals surface area (Å²) >= 11 is 0. The van der Waals surface area contributed by atoms with Crippen LogP contribution in [0.3, 0.4) is 0 Å². The molecule has 3 heteroatoms. The predicted molar refractivity (Wildman–Crippen MR) is 82.1 cm³/mol. The molecule has 0 aromatic carbocycles. The minimum absolute atomic E-state index is 0.529. The summed E-state index contributed by atoms with van der Waals surface area (Å²) in [6.45, 7) is 4.02. The second-order valence-electron chi connectivity index (χ2n) is 5.23. The van der Waals surface area contributed by atoms with Crippen LogP contribution >= 0.6 is 0 Å². The Morgan fingerprint density at radius 2 is 1.47 bits per heavy atom. The van der Waals surface area contributed by atoms with Crippen LogP contribution in [0.5, 0.6) is 0 Å². The number of carbonyl (C=O) groups is 1. The quantitative estimate of drug-likeness (QED) is 0.384. The molecule has 0 spiro atoms. The lowest BCUT2D eigenvalue weighted by Crippen LogP contribution is -2.17. The summed E-state index contributed by atoms with van der Waals surface area (Å²) in [6, 6.07) is -0.529. The maximum absolute atomic E-state index is 10.9. The molecule has 0 aromatic rings. The first-order valence-corrected chi connectivity index (χ1v) is 7.93. The molecule has 0 saturated heterocycles. The lowest BCUT2D eigenvalue weighted by molar-refractivity contribution is -0.138. The third kappa shape index (κ3) is 11.9. The van der Waals surface area contributed by atoms with Crippen molar-refractivity contribution >= 4 is 12.2 Å². The van der Waals surface area contributed by atoms with E-state index < -0.39 is 12.0 Å². The highest BCUT2D eigenvalue weighted by atomic mass is 16.4. The number of aliphatic carboxylic acids is 1. The van der Waals surface area contributed by atoms with Gasteiger partial charge in [0, 0.05) is 0 Å². The van der Waals surface area contributed by atoms with Gasteiger partial charge < -0.3 is 5.11 Å². The Morgan fingerprint density at radius 3 is 1.89 bits per heavy atom. The van der Waals surface area contributed by atoms with Crippen molar-refractivity contribution in [1.82, 2.24) is 0 Å². The molecule has 0 aliphatic heterocycles. The maximum atomic E-state index is 10.9. The molecule has 1 atom stereocenters. The van der Waals surface area contributed by atoms with E-state index in [1.54, 1.807) is 13.1 Å². The van der Waals surface area contributed by atoms with Crippen molar-refractivity contribution in [2.45, 2.75) is 90.5 Å². The molecule has 0 saturated carbocycles. The molecule has 1 N–H and O–H groups in total. The average Bonchev–Trinajstić information content (AvgIpc) is 2.39. The first-order chi connectivity index (χ1) is 9.22. The van der Waals surface area contributed by atoms with Gasteiger partial charge in [0.05, 0.1) is 0 Å². The Kier molecular flexibility index (Phi) is 13.0. The van der Waals surface area contributed by atoms with E-state index >= 15 is 0 Å². The van der Waals surface area contributed by atoms with Crippen LogP contribution in [0.25, 0.3) is 0 Å². The lowest BCUT2D eigenvalue weighted by atomic mass is 10.0.